The van der Waals surface area contributed by atoms with Crippen LogP contribution in [-0.4, -0.2) is 40.3 Å². The molecule has 140 valence electrons. The molecule has 4 heterocycles. The van der Waals surface area contributed by atoms with Gasteiger partial charge in [0, 0.05) is 43.0 Å². The van der Waals surface area contributed by atoms with Gasteiger partial charge >= 0.3 is 6.03 Å². The van der Waals surface area contributed by atoms with Gasteiger partial charge < -0.3 is 5.32 Å². The molecule has 2 unspecified atom stereocenters. The molecule has 0 radical (unpaired) electrons. The van der Waals surface area contributed by atoms with Crippen LogP contribution in [0, 0.1) is 5.82 Å². The molecule has 2 atom stereocenters. The van der Waals surface area contributed by atoms with Crippen LogP contribution in [0.1, 0.15) is 31.2 Å². The summed E-state index contributed by atoms with van der Waals surface area (Å²) < 4.78 is 16.7. The fourth-order valence-electron chi connectivity index (χ4n) is 4.39. The predicted octanol–water partition coefficient (Wildman–Crippen LogP) is 2.07. The second-order valence-corrected chi connectivity index (χ2v) is 7.49. The summed E-state index contributed by atoms with van der Waals surface area (Å²) in [6, 6.07) is 3.51. The average Bonchev–Trinajstić information content (AvgIpc) is 3.13. The van der Waals surface area contributed by atoms with Crippen molar-refractivity contribution >= 4 is 34.2 Å². The summed E-state index contributed by atoms with van der Waals surface area (Å²) in [4.78, 5) is 25.0. The van der Waals surface area contributed by atoms with Crippen molar-refractivity contribution < 1.29 is 14.0 Å². The molecule has 2 fully saturated rings. The van der Waals surface area contributed by atoms with Crippen LogP contribution in [0.4, 0.5) is 15.0 Å². The van der Waals surface area contributed by atoms with E-state index in [0.29, 0.717) is 28.9 Å². The highest BCUT2D eigenvalue weighted by atomic mass is 19.1. The number of hydrogen-bond acceptors (Lipinski definition) is 4. The first-order valence-corrected chi connectivity index (χ1v) is 9.24. The number of carbonyl (C=O) groups is 2. The van der Waals surface area contributed by atoms with Crippen molar-refractivity contribution in [1.29, 1.82) is 0 Å². The summed E-state index contributed by atoms with van der Waals surface area (Å²) in [7, 11) is 1.78. The number of fused-ring (bicyclic) bond motifs is 3. The van der Waals surface area contributed by atoms with E-state index in [1.54, 1.807) is 11.7 Å². The predicted molar refractivity (Wildman–Crippen MR) is 98.7 cm³/mol. The van der Waals surface area contributed by atoms with Crippen molar-refractivity contribution in [3.05, 3.63) is 29.6 Å². The third kappa shape index (κ3) is 2.63. The first-order chi connectivity index (χ1) is 13.0. The minimum atomic E-state index is -0.520. The number of urea groups is 1. The van der Waals surface area contributed by atoms with Crippen LogP contribution >= 0.6 is 0 Å². The van der Waals surface area contributed by atoms with Crippen molar-refractivity contribution in [2.24, 2.45) is 7.05 Å². The van der Waals surface area contributed by atoms with Gasteiger partial charge in [-0.2, -0.15) is 5.10 Å². The largest absolute Gasteiger partial charge is 0.329 e. The smallest absolute Gasteiger partial charge is 0.307 e. The minimum absolute atomic E-state index is 0.201. The topological polar surface area (TPSA) is 79.3 Å². The average molecular weight is 369 g/mol. The number of carbonyl (C=O) groups excluding carboxylic acids is 2. The summed E-state index contributed by atoms with van der Waals surface area (Å²) in [5, 5.41) is 10.8. The van der Waals surface area contributed by atoms with Crippen LogP contribution in [0.15, 0.2) is 18.2 Å². The second kappa shape index (κ2) is 5.88. The maximum absolute atomic E-state index is 15.0. The highest BCUT2D eigenvalue weighted by Crippen LogP contribution is 2.36. The first-order valence-electron chi connectivity index (χ1n) is 9.24. The number of rotatable bonds is 2. The lowest BCUT2D eigenvalue weighted by Crippen LogP contribution is -2.49. The zero-order chi connectivity index (χ0) is 18.7. The zero-order valence-electron chi connectivity index (χ0n) is 15.0. The molecule has 3 aliphatic rings. The summed E-state index contributed by atoms with van der Waals surface area (Å²) in [6.07, 6.45) is 5.37. The fraction of sp³-hybridized carbons (Fsp3) is 0.421. The highest BCUT2D eigenvalue weighted by molar-refractivity contribution is 6.09. The Hall–Kier alpha value is -2.74. The van der Waals surface area contributed by atoms with E-state index in [2.05, 4.69) is 21.8 Å². The molecule has 2 N–H and O–H groups in total. The van der Waals surface area contributed by atoms with E-state index in [1.165, 1.54) is 11.0 Å². The van der Waals surface area contributed by atoms with Gasteiger partial charge in [-0.3, -0.25) is 19.7 Å². The highest BCUT2D eigenvalue weighted by Gasteiger charge is 2.31. The summed E-state index contributed by atoms with van der Waals surface area (Å²) >= 11 is 0. The first kappa shape index (κ1) is 16.4. The van der Waals surface area contributed by atoms with Crippen molar-refractivity contribution in [1.82, 2.24) is 20.4 Å². The van der Waals surface area contributed by atoms with Crippen molar-refractivity contribution in [2.75, 3.05) is 11.4 Å². The number of hydrogen-bond donors (Lipinski definition) is 2. The normalized spacial score (nSPS) is 25.1. The molecule has 7 nitrogen and oxygen atoms in total. The molecule has 0 saturated carbocycles. The number of anilines is 1. The van der Waals surface area contributed by atoms with Crippen LogP contribution in [0.5, 0.6) is 0 Å². The lowest BCUT2D eigenvalue weighted by molar-refractivity contribution is -0.120. The van der Waals surface area contributed by atoms with Gasteiger partial charge in [0.2, 0.25) is 5.91 Å². The zero-order valence-corrected chi connectivity index (χ0v) is 15.0. The van der Waals surface area contributed by atoms with Gasteiger partial charge in [-0.25, -0.2) is 9.18 Å². The molecule has 5 rings (SSSR count). The maximum atomic E-state index is 15.0. The number of imide groups is 1. The van der Waals surface area contributed by atoms with Gasteiger partial charge in [0.25, 0.3) is 0 Å². The Balaban J connectivity index is 1.58. The Morgan fingerprint density at radius 2 is 2.11 bits per heavy atom. The summed E-state index contributed by atoms with van der Waals surface area (Å²) in [6.45, 7) is 0.236. The second-order valence-electron chi connectivity index (χ2n) is 7.49. The molecular formula is C19H20FN5O2. The van der Waals surface area contributed by atoms with Crippen molar-refractivity contribution in [2.45, 2.75) is 37.8 Å². The molecule has 2 aromatic rings. The number of benzene rings is 1. The fourth-order valence-corrected chi connectivity index (χ4v) is 4.39. The van der Waals surface area contributed by atoms with E-state index in [-0.39, 0.29) is 24.7 Å². The molecule has 0 spiro atoms. The number of amides is 3. The van der Waals surface area contributed by atoms with Gasteiger partial charge in [-0.15, -0.1) is 0 Å². The van der Waals surface area contributed by atoms with E-state index >= 15 is 4.39 Å². The van der Waals surface area contributed by atoms with Crippen molar-refractivity contribution in [3.63, 3.8) is 0 Å². The molecule has 2 saturated heterocycles. The van der Waals surface area contributed by atoms with E-state index in [1.807, 2.05) is 6.07 Å². The Morgan fingerprint density at radius 1 is 1.26 bits per heavy atom. The van der Waals surface area contributed by atoms with E-state index in [0.717, 1.165) is 30.4 Å². The molecular weight excluding hydrogens is 349 g/mol. The van der Waals surface area contributed by atoms with Crippen LogP contribution < -0.4 is 15.5 Å². The molecule has 3 aliphatic heterocycles. The van der Waals surface area contributed by atoms with E-state index < -0.39 is 6.03 Å². The summed E-state index contributed by atoms with van der Waals surface area (Å²) in [5.74, 6) is -0.238. The molecule has 8 heteroatoms. The van der Waals surface area contributed by atoms with Crippen LogP contribution in [0.2, 0.25) is 0 Å². The monoisotopic (exact) mass is 369 g/mol. The molecule has 0 aliphatic carbocycles. The van der Waals surface area contributed by atoms with Gasteiger partial charge in [0.1, 0.15) is 5.82 Å². The lowest BCUT2D eigenvalue weighted by Gasteiger charge is -2.24. The van der Waals surface area contributed by atoms with Gasteiger partial charge in [-0.05, 0) is 37.0 Å². The number of nitrogens with one attached hydrogen (secondary N) is 2. The molecule has 2 bridgehead atoms. The number of nitrogens with zero attached hydrogens (tertiary/aromatic N) is 3. The quantitative estimate of drug-likeness (QED) is 0.849. The Morgan fingerprint density at radius 3 is 2.89 bits per heavy atom. The van der Waals surface area contributed by atoms with E-state index in [4.69, 9.17) is 0 Å². The molecule has 3 amide bonds. The van der Waals surface area contributed by atoms with Gasteiger partial charge in [0.05, 0.1) is 5.52 Å². The molecule has 27 heavy (non-hydrogen) atoms. The van der Waals surface area contributed by atoms with Crippen LogP contribution in [0.3, 0.4) is 0 Å². The number of halogens is 1. The van der Waals surface area contributed by atoms with Gasteiger partial charge in [-0.1, -0.05) is 6.08 Å². The Labute approximate surface area is 155 Å². The van der Waals surface area contributed by atoms with Crippen LogP contribution in [-0.2, 0) is 11.8 Å². The number of aromatic nitrogens is 2. The minimum Gasteiger partial charge on any atom is -0.307 e. The van der Waals surface area contributed by atoms with E-state index in [9.17, 15) is 9.59 Å². The third-order valence-electron chi connectivity index (χ3n) is 5.72. The standard InChI is InChI=1S/C19H20FN5O2/c1-24-16-9-13(10-6-11-2-3-12(7-10)21-11)15(20)8-14(16)18(23-24)25-5-4-17(26)22-19(25)27/h6,8-9,11-12,21H,2-5,7H2,1H3,(H,22,26,27). The maximum Gasteiger partial charge on any atom is 0.329 e. The summed E-state index contributed by atoms with van der Waals surface area (Å²) in [5.41, 5.74) is 2.40. The Bertz CT molecular complexity index is 1010. The van der Waals surface area contributed by atoms with Crippen LogP contribution in [0.25, 0.3) is 16.5 Å². The molecule has 1 aromatic heterocycles. The van der Waals surface area contributed by atoms with Gasteiger partial charge in [0.15, 0.2) is 5.82 Å². The Kier molecular flexibility index (Phi) is 3.58. The third-order valence-corrected chi connectivity index (χ3v) is 5.72. The number of aryl methyl sites for hydroxylation is 1. The van der Waals surface area contributed by atoms with Crippen molar-refractivity contribution in [3.8, 4) is 0 Å². The SMILES string of the molecule is Cn1nc(N2CCC(=O)NC2=O)c2cc(F)c(C3=CC4CCC(C3)N4)cc21. The molecule has 1 aromatic carbocycles. The lowest BCUT2D eigenvalue weighted by atomic mass is 9.95.